The van der Waals surface area contributed by atoms with Gasteiger partial charge in [0.15, 0.2) is 0 Å². The van der Waals surface area contributed by atoms with Crippen molar-refractivity contribution < 1.29 is 0 Å². The molecule has 2 rings (SSSR count). The molecule has 1 saturated heterocycles. The van der Waals surface area contributed by atoms with Crippen LogP contribution < -0.4 is 11.3 Å². The molecule has 3 nitrogen and oxygen atoms in total. The van der Waals surface area contributed by atoms with Crippen LogP contribution in [0.3, 0.4) is 0 Å². The van der Waals surface area contributed by atoms with E-state index in [1.54, 1.807) is 0 Å². The highest BCUT2D eigenvalue weighted by atomic mass is 35.5. The summed E-state index contributed by atoms with van der Waals surface area (Å²) in [5.41, 5.74) is 4.16. The maximum atomic E-state index is 6.11. The monoisotopic (exact) mass is 329 g/mol. The van der Waals surface area contributed by atoms with Crippen molar-refractivity contribution in [2.75, 3.05) is 13.1 Å². The van der Waals surface area contributed by atoms with E-state index in [-0.39, 0.29) is 11.6 Å². The molecule has 0 amide bonds. The van der Waals surface area contributed by atoms with Gasteiger partial charge in [-0.3, -0.25) is 16.2 Å². The first-order valence-electron chi connectivity index (χ1n) is 7.60. The Balaban J connectivity index is 2.12. The van der Waals surface area contributed by atoms with Gasteiger partial charge in [0.2, 0.25) is 0 Å². The first kappa shape index (κ1) is 17.0. The number of likely N-dealkylation sites (tertiary alicyclic amines) is 1. The van der Waals surface area contributed by atoms with E-state index < -0.39 is 0 Å². The van der Waals surface area contributed by atoms with Gasteiger partial charge in [0.25, 0.3) is 0 Å². The third-order valence-corrected chi connectivity index (χ3v) is 5.39. The number of nitrogens with two attached hydrogens (primary N) is 1. The van der Waals surface area contributed by atoms with E-state index in [9.17, 15) is 0 Å². The minimum atomic E-state index is 0.00127. The van der Waals surface area contributed by atoms with Crippen LogP contribution in [-0.4, -0.2) is 29.6 Å². The van der Waals surface area contributed by atoms with E-state index in [4.69, 9.17) is 29.0 Å². The first-order valence-corrected chi connectivity index (χ1v) is 8.36. The zero-order valence-electron chi connectivity index (χ0n) is 12.8. The number of piperidine rings is 1. The van der Waals surface area contributed by atoms with Gasteiger partial charge < -0.3 is 0 Å². The van der Waals surface area contributed by atoms with E-state index in [0.29, 0.717) is 10.0 Å². The second-order valence-electron chi connectivity index (χ2n) is 6.37. The fourth-order valence-electron chi connectivity index (χ4n) is 3.11. The van der Waals surface area contributed by atoms with E-state index in [0.717, 1.165) is 25.1 Å². The van der Waals surface area contributed by atoms with Crippen molar-refractivity contribution >= 4 is 23.2 Å². The molecule has 1 aliphatic heterocycles. The fourth-order valence-corrected chi connectivity index (χ4v) is 3.43. The lowest BCUT2D eigenvalue weighted by Crippen LogP contribution is -2.61. The van der Waals surface area contributed by atoms with E-state index in [2.05, 4.69) is 24.2 Å². The molecule has 1 atom stereocenters. The van der Waals surface area contributed by atoms with Crippen LogP contribution in [0.25, 0.3) is 0 Å². The lowest BCUT2D eigenvalue weighted by atomic mass is 9.86. The molecular formula is C16H25Cl2N3. The topological polar surface area (TPSA) is 41.3 Å². The van der Waals surface area contributed by atoms with Crippen LogP contribution in [0.1, 0.15) is 38.7 Å². The average molecular weight is 330 g/mol. The molecule has 0 aliphatic carbocycles. The number of nitrogens with zero attached hydrogens (tertiary/aromatic N) is 1. The van der Waals surface area contributed by atoms with Gasteiger partial charge in [0.1, 0.15) is 0 Å². The Labute approximate surface area is 137 Å². The smallest absolute Gasteiger partial charge is 0.0595 e. The molecule has 0 bridgehead atoms. The number of benzene rings is 1. The predicted molar refractivity (Wildman–Crippen MR) is 90.8 cm³/mol. The maximum absolute atomic E-state index is 6.11. The van der Waals surface area contributed by atoms with Gasteiger partial charge in [-0.2, -0.15) is 0 Å². The van der Waals surface area contributed by atoms with Crippen LogP contribution in [-0.2, 0) is 6.42 Å². The van der Waals surface area contributed by atoms with Gasteiger partial charge >= 0.3 is 0 Å². The highest BCUT2D eigenvalue weighted by molar-refractivity contribution is 6.42. The van der Waals surface area contributed by atoms with Gasteiger partial charge in [-0.1, -0.05) is 35.7 Å². The zero-order chi connectivity index (χ0) is 15.5. The molecule has 1 fully saturated rings. The molecule has 0 spiro atoms. The molecule has 3 N–H and O–H groups in total. The number of hydrazine groups is 1. The van der Waals surface area contributed by atoms with Crippen molar-refractivity contribution in [2.24, 2.45) is 5.84 Å². The van der Waals surface area contributed by atoms with Crippen LogP contribution >= 0.6 is 23.2 Å². The highest BCUT2D eigenvalue weighted by Gasteiger charge is 2.35. The number of hydrogen-bond donors (Lipinski definition) is 2. The van der Waals surface area contributed by atoms with Crippen molar-refractivity contribution in [2.45, 2.75) is 51.1 Å². The molecule has 1 aromatic rings. The SMILES string of the molecule is CC(C)(C(Cc1ccc(Cl)c(Cl)c1)NN)N1CCCCC1. The molecule has 0 radical (unpaired) electrons. The molecule has 0 aromatic heterocycles. The van der Waals surface area contributed by atoms with Crippen LogP contribution in [0.2, 0.25) is 10.0 Å². The summed E-state index contributed by atoms with van der Waals surface area (Å²) in [5, 5.41) is 1.19. The molecule has 1 aromatic carbocycles. The quantitative estimate of drug-likeness (QED) is 0.640. The van der Waals surface area contributed by atoms with Gasteiger partial charge in [0, 0.05) is 11.6 Å². The van der Waals surface area contributed by atoms with Crippen molar-refractivity contribution in [1.82, 2.24) is 10.3 Å². The summed E-state index contributed by atoms with van der Waals surface area (Å²) in [4.78, 5) is 2.54. The predicted octanol–water partition coefficient (Wildman–Crippen LogP) is 3.63. The summed E-state index contributed by atoms with van der Waals surface area (Å²) in [6.07, 6.45) is 4.71. The molecule has 0 saturated carbocycles. The number of nitrogens with one attached hydrogen (secondary N) is 1. The number of halogens is 2. The van der Waals surface area contributed by atoms with Gasteiger partial charge in [-0.05, 0) is 63.9 Å². The Morgan fingerprint density at radius 2 is 1.86 bits per heavy atom. The minimum absolute atomic E-state index is 0.00127. The van der Waals surface area contributed by atoms with E-state index in [1.165, 1.54) is 19.3 Å². The van der Waals surface area contributed by atoms with Crippen LogP contribution in [0, 0.1) is 0 Å². The van der Waals surface area contributed by atoms with Crippen molar-refractivity contribution in [3.8, 4) is 0 Å². The van der Waals surface area contributed by atoms with Crippen molar-refractivity contribution in [3.05, 3.63) is 33.8 Å². The van der Waals surface area contributed by atoms with Gasteiger partial charge in [-0.25, -0.2) is 0 Å². The Hall–Kier alpha value is -0.320. The first-order chi connectivity index (χ1) is 9.95. The Morgan fingerprint density at radius 3 is 2.43 bits per heavy atom. The molecule has 1 heterocycles. The fraction of sp³-hybridized carbons (Fsp3) is 0.625. The van der Waals surface area contributed by atoms with Crippen molar-refractivity contribution in [1.29, 1.82) is 0 Å². The largest absolute Gasteiger partial charge is 0.297 e. The van der Waals surface area contributed by atoms with Crippen molar-refractivity contribution in [3.63, 3.8) is 0 Å². The Morgan fingerprint density at radius 1 is 1.19 bits per heavy atom. The molecule has 118 valence electrons. The van der Waals surface area contributed by atoms with Gasteiger partial charge in [-0.15, -0.1) is 0 Å². The summed E-state index contributed by atoms with van der Waals surface area (Å²) in [5.74, 6) is 5.85. The minimum Gasteiger partial charge on any atom is -0.297 e. The average Bonchev–Trinajstić information content (AvgIpc) is 2.49. The summed E-state index contributed by atoms with van der Waals surface area (Å²) in [6, 6.07) is 5.96. The standard InChI is InChI=1S/C16H25Cl2N3/c1-16(2,21-8-4-3-5-9-21)15(20-19)11-12-6-7-13(17)14(18)10-12/h6-7,10,15,20H,3-5,8-9,11,19H2,1-2H3. The summed E-state index contributed by atoms with van der Waals surface area (Å²) in [6.45, 7) is 6.82. The zero-order valence-corrected chi connectivity index (χ0v) is 14.3. The highest BCUT2D eigenvalue weighted by Crippen LogP contribution is 2.28. The van der Waals surface area contributed by atoms with Crippen LogP contribution in [0.4, 0.5) is 0 Å². The summed E-state index contributed by atoms with van der Waals surface area (Å²) < 4.78 is 0. The summed E-state index contributed by atoms with van der Waals surface area (Å²) >= 11 is 12.1. The molecule has 1 unspecified atom stereocenters. The Bertz CT molecular complexity index is 471. The number of hydrogen-bond acceptors (Lipinski definition) is 3. The third kappa shape index (κ3) is 4.11. The van der Waals surface area contributed by atoms with E-state index >= 15 is 0 Å². The molecular weight excluding hydrogens is 305 g/mol. The maximum Gasteiger partial charge on any atom is 0.0595 e. The lowest BCUT2D eigenvalue weighted by molar-refractivity contribution is 0.0611. The number of rotatable bonds is 5. The summed E-state index contributed by atoms with van der Waals surface area (Å²) in [7, 11) is 0. The second-order valence-corrected chi connectivity index (χ2v) is 7.19. The van der Waals surface area contributed by atoms with Crippen LogP contribution in [0.5, 0.6) is 0 Å². The second kappa shape index (κ2) is 7.30. The van der Waals surface area contributed by atoms with Gasteiger partial charge in [0.05, 0.1) is 10.0 Å². The normalized spacial score (nSPS) is 18.7. The molecule has 1 aliphatic rings. The molecule has 21 heavy (non-hydrogen) atoms. The van der Waals surface area contributed by atoms with Crippen LogP contribution in [0.15, 0.2) is 18.2 Å². The molecule has 5 heteroatoms. The Kier molecular flexibility index (Phi) is 5.92. The third-order valence-electron chi connectivity index (χ3n) is 4.65. The lowest BCUT2D eigenvalue weighted by Gasteiger charge is -2.45. The van der Waals surface area contributed by atoms with E-state index in [1.807, 2.05) is 18.2 Å².